The van der Waals surface area contributed by atoms with E-state index in [2.05, 4.69) is 11.9 Å². The molecule has 1 amide bonds. The summed E-state index contributed by atoms with van der Waals surface area (Å²) < 4.78 is 3.49. The van der Waals surface area contributed by atoms with Crippen molar-refractivity contribution in [2.24, 2.45) is 0 Å². The average molecular weight is 497 g/mol. The van der Waals surface area contributed by atoms with Crippen LogP contribution in [0, 0.1) is 0 Å². The first kappa shape index (κ1) is 24.8. The van der Waals surface area contributed by atoms with Crippen molar-refractivity contribution < 1.29 is 9.53 Å². The highest BCUT2D eigenvalue weighted by Gasteiger charge is 2.36. The second-order valence-electron chi connectivity index (χ2n) is 5.99. The van der Waals surface area contributed by atoms with Crippen molar-refractivity contribution in [1.29, 1.82) is 0 Å². The van der Waals surface area contributed by atoms with E-state index in [1.165, 1.54) is 0 Å². The Morgan fingerprint density at radius 1 is 1.30 bits per heavy atom. The molecule has 0 bridgehead atoms. The van der Waals surface area contributed by atoms with E-state index < -0.39 is 9.89 Å². The van der Waals surface area contributed by atoms with Gasteiger partial charge in [0, 0.05) is 18.3 Å². The molecule has 0 aromatic heterocycles. The third-order valence-electron chi connectivity index (χ3n) is 4.07. The molecular weight excluding hydrogens is 477 g/mol. The zero-order valence-electron chi connectivity index (χ0n) is 14.3. The molecule has 1 fully saturated rings. The van der Waals surface area contributed by atoms with Crippen molar-refractivity contribution in [3.8, 4) is 0 Å². The second kappa shape index (κ2) is 11.1. The average Bonchev–Trinajstić information content (AvgIpc) is 3.01. The molecule has 1 saturated carbocycles. The van der Waals surface area contributed by atoms with Crippen LogP contribution in [0.3, 0.4) is 0 Å². The molecule has 1 aromatic carbocycles. The number of carbonyl (C=O) groups is 1. The van der Waals surface area contributed by atoms with Crippen LogP contribution in [0.1, 0.15) is 19.3 Å². The zero-order valence-corrected chi connectivity index (χ0v) is 18.9. The monoisotopic (exact) mass is 494 g/mol. The summed E-state index contributed by atoms with van der Waals surface area (Å²) in [5, 5.41) is 4.38. The summed E-state index contributed by atoms with van der Waals surface area (Å²) in [5.74, 6) is 0. The number of nitrogens with one attached hydrogen (secondary N) is 1. The van der Waals surface area contributed by atoms with Gasteiger partial charge in [-0.25, -0.2) is 4.79 Å². The summed E-state index contributed by atoms with van der Waals surface area (Å²) in [6.45, 7) is 3.73. The van der Waals surface area contributed by atoms with Crippen LogP contribution in [-0.2, 0) is 4.74 Å². The van der Waals surface area contributed by atoms with Crippen LogP contribution < -0.4 is 5.32 Å². The molecule has 0 radical (unpaired) electrons. The number of anilines is 1. The number of hydrogen-bond acceptors (Lipinski definition) is 3. The van der Waals surface area contributed by atoms with Crippen LogP contribution in [-0.4, -0.2) is 40.0 Å². The van der Waals surface area contributed by atoms with Gasteiger partial charge in [0.1, 0.15) is 6.61 Å². The van der Waals surface area contributed by atoms with Crippen molar-refractivity contribution in [1.82, 2.24) is 4.90 Å². The molecule has 0 saturated heterocycles. The van der Waals surface area contributed by atoms with Gasteiger partial charge in [0.25, 0.3) is 0 Å². The summed E-state index contributed by atoms with van der Waals surface area (Å²) in [7, 11) is 0. The minimum absolute atomic E-state index is 0. The molecule has 0 heterocycles. The number of hydrogen-bond donors (Lipinski definition) is 1. The summed E-state index contributed by atoms with van der Waals surface area (Å²) in [6, 6.07) is 5.30. The molecule has 4 nitrogen and oxygen atoms in total. The molecule has 0 unspecified atom stereocenters. The molecule has 2 rings (SSSR count). The number of alkyl halides is 3. The molecule has 0 aliphatic heterocycles. The highest BCUT2D eigenvalue weighted by Crippen LogP contribution is 2.31. The van der Waals surface area contributed by atoms with Gasteiger partial charge in [0.15, 0.2) is 0 Å². The summed E-state index contributed by atoms with van der Waals surface area (Å²) in [4.78, 5) is 14.1. The molecule has 1 aliphatic carbocycles. The van der Waals surface area contributed by atoms with E-state index in [1.54, 1.807) is 23.1 Å². The van der Waals surface area contributed by atoms with Crippen LogP contribution in [0.5, 0.6) is 0 Å². The lowest BCUT2D eigenvalue weighted by atomic mass is 10.1. The van der Waals surface area contributed by atoms with E-state index in [4.69, 9.17) is 62.7 Å². The zero-order chi connectivity index (χ0) is 19.3. The lowest BCUT2D eigenvalue weighted by Crippen LogP contribution is -2.47. The number of halogens is 6. The van der Waals surface area contributed by atoms with E-state index in [9.17, 15) is 4.79 Å². The fraction of sp³-hybridized carbons (Fsp3) is 0.471. The quantitative estimate of drug-likeness (QED) is 0.350. The topological polar surface area (TPSA) is 41.6 Å². The van der Waals surface area contributed by atoms with Crippen molar-refractivity contribution in [2.45, 2.75) is 35.1 Å². The Hall–Kier alpha value is -0.230. The van der Waals surface area contributed by atoms with E-state index in [1.807, 2.05) is 6.07 Å². The van der Waals surface area contributed by atoms with Gasteiger partial charge in [-0.05, 0) is 37.5 Å². The van der Waals surface area contributed by atoms with Gasteiger partial charge in [-0.1, -0.05) is 64.1 Å². The fourth-order valence-corrected chi connectivity index (χ4v) is 3.45. The third kappa shape index (κ3) is 7.60. The van der Waals surface area contributed by atoms with Crippen LogP contribution >= 0.6 is 70.4 Å². The van der Waals surface area contributed by atoms with Gasteiger partial charge >= 0.3 is 6.09 Å². The molecule has 1 N–H and O–H groups in total. The van der Waals surface area contributed by atoms with Gasteiger partial charge in [0.05, 0.1) is 16.1 Å². The molecule has 152 valence electrons. The Balaban J connectivity index is 0.00000364. The summed E-state index contributed by atoms with van der Waals surface area (Å²) >= 11 is 29.0. The fourth-order valence-electron chi connectivity index (χ4n) is 2.99. The number of rotatable bonds is 6. The highest BCUT2D eigenvalue weighted by molar-refractivity contribution is 6.67. The molecule has 1 aromatic rings. The van der Waals surface area contributed by atoms with Gasteiger partial charge in [0.2, 0.25) is 3.79 Å². The first-order valence-electron chi connectivity index (χ1n) is 8.04. The van der Waals surface area contributed by atoms with Gasteiger partial charge in [-0.15, -0.1) is 19.0 Å². The van der Waals surface area contributed by atoms with Crippen molar-refractivity contribution in [3.63, 3.8) is 0 Å². The van der Waals surface area contributed by atoms with Gasteiger partial charge < -0.3 is 10.1 Å². The Bertz CT molecular complexity index is 653. The van der Waals surface area contributed by atoms with E-state index in [0.717, 1.165) is 24.9 Å². The van der Waals surface area contributed by atoms with Gasteiger partial charge in [-0.3, -0.25) is 4.90 Å². The minimum atomic E-state index is -1.65. The second-order valence-corrected chi connectivity index (χ2v) is 9.32. The lowest BCUT2D eigenvalue weighted by molar-refractivity contribution is 0.0915. The number of ether oxygens (including phenoxy) is 1. The largest absolute Gasteiger partial charge is 0.445 e. The number of amides is 1. The predicted octanol–water partition coefficient (Wildman–Crippen LogP) is 6.74. The molecular formula is C17H20Cl6N2O2. The maximum absolute atomic E-state index is 12.5. The van der Waals surface area contributed by atoms with E-state index in [0.29, 0.717) is 16.6 Å². The van der Waals surface area contributed by atoms with Crippen LogP contribution in [0.15, 0.2) is 30.9 Å². The SMILES string of the molecule is C=CCN(C(=O)OCC(Cl)(Cl)Cl)[C@@H]1CCC[C@H]1Nc1ccc(Cl)c(Cl)c1.Cl. The van der Waals surface area contributed by atoms with E-state index >= 15 is 0 Å². The number of nitrogens with zero attached hydrogens (tertiary/aromatic N) is 1. The molecule has 0 spiro atoms. The van der Waals surface area contributed by atoms with Crippen molar-refractivity contribution in [2.75, 3.05) is 18.5 Å². The lowest BCUT2D eigenvalue weighted by Gasteiger charge is -2.32. The van der Waals surface area contributed by atoms with Crippen molar-refractivity contribution >= 4 is 82.2 Å². The van der Waals surface area contributed by atoms with Crippen molar-refractivity contribution in [3.05, 3.63) is 40.9 Å². The Kier molecular flexibility index (Phi) is 10.2. The number of benzene rings is 1. The molecule has 2 atom stereocenters. The normalized spacial score (nSPS) is 19.1. The van der Waals surface area contributed by atoms with Crippen LogP contribution in [0.2, 0.25) is 10.0 Å². The van der Waals surface area contributed by atoms with Crippen LogP contribution in [0.4, 0.5) is 10.5 Å². The smallest absolute Gasteiger partial charge is 0.410 e. The standard InChI is InChI=1S/C17H19Cl5N2O2.ClH/c1-2-8-24(16(25)26-10-17(20,21)22)15-5-3-4-14(15)23-11-6-7-12(18)13(19)9-11;/h2,6-7,9,14-15,23H,1,3-5,8,10H2;1H/t14-,15-;/m1./s1. The Morgan fingerprint density at radius 2 is 2.00 bits per heavy atom. The van der Waals surface area contributed by atoms with Crippen LogP contribution in [0.25, 0.3) is 0 Å². The molecule has 27 heavy (non-hydrogen) atoms. The first-order chi connectivity index (χ1) is 12.2. The maximum Gasteiger partial charge on any atom is 0.410 e. The first-order valence-corrected chi connectivity index (χ1v) is 9.93. The molecule has 1 aliphatic rings. The maximum atomic E-state index is 12.5. The Labute approximate surface area is 190 Å². The minimum Gasteiger partial charge on any atom is -0.445 e. The Morgan fingerprint density at radius 3 is 2.59 bits per heavy atom. The molecule has 10 heteroatoms. The summed E-state index contributed by atoms with van der Waals surface area (Å²) in [5.41, 5.74) is 0.838. The third-order valence-corrected chi connectivity index (χ3v) is 5.14. The summed E-state index contributed by atoms with van der Waals surface area (Å²) in [6.07, 6.45) is 3.80. The number of carbonyl (C=O) groups excluding carboxylic acids is 1. The van der Waals surface area contributed by atoms with Gasteiger partial charge in [-0.2, -0.15) is 0 Å². The predicted molar refractivity (Wildman–Crippen MR) is 117 cm³/mol. The van der Waals surface area contributed by atoms with E-state index in [-0.39, 0.29) is 31.1 Å². The highest BCUT2D eigenvalue weighted by atomic mass is 35.6.